The average Bonchev–Trinajstić information content (AvgIpc) is 2.92. The molecule has 0 spiro atoms. The van der Waals surface area contributed by atoms with Crippen molar-refractivity contribution < 1.29 is 9.53 Å². The number of imidazole rings is 1. The van der Waals surface area contributed by atoms with Gasteiger partial charge in [-0.3, -0.25) is 9.69 Å². The second-order valence-corrected chi connectivity index (χ2v) is 6.77. The number of nitrogens with zero attached hydrogens (tertiary/aromatic N) is 2. The Hall–Kier alpha value is -1.36. The SMILES string of the molecule is CCC(C(=O)OC(C)(C)C)N1CCC(c2cnc[nH]2)CC1. The van der Waals surface area contributed by atoms with Crippen LogP contribution in [0.5, 0.6) is 0 Å². The lowest BCUT2D eigenvalue weighted by Crippen LogP contribution is -2.47. The van der Waals surface area contributed by atoms with Gasteiger partial charge in [0.2, 0.25) is 0 Å². The van der Waals surface area contributed by atoms with Gasteiger partial charge in [0.1, 0.15) is 11.6 Å². The van der Waals surface area contributed by atoms with Gasteiger partial charge in [-0.15, -0.1) is 0 Å². The topological polar surface area (TPSA) is 58.2 Å². The number of hydrogen-bond acceptors (Lipinski definition) is 4. The van der Waals surface area contributed by atoms with E-state index in [1.54, 1.807) is 6.33 Å². The molecule has 1 atom stereocenters. The van der Waals surface area contributed by atoms with Crippen LogP contribution in [0.1, 0.15) is 58.6 Å². The maximum atomic E-state index is 12.3. The summed E-state index contributed by atoms with van der Waals surface area (Å²) < 4.78 is 5.55. The van der Waals surface area contributed by atoms with Crippen molar-refractivity contribution in [2.24, 2.45) is 0 Å². The highest BCUT2D eigenvalue weighted by Crippen LogP contribution is 2.28. The third-order valence-electron chi connectivity index (χ3n) is 4.00. The zero-order chi connectivity index (χ0) is 15.5. The van der Waals surface area contributed by atoms with E-state index in [4.69, 9.17) is 4.74 Å². The van der Waals surface area contributed by atoms with Crippen molar-refractivity contribution in [1.82, 2.24) is 14.9 Å². The number of carbonyl (C=O) groups is 1. The molecule has 0 radical (unpaired) electrons. The van der Waals surface area contributed by atoms with Gasteiger partial charge in [0.05, 0.1) is 6.33 Å². The third kappa shape index (κ3) is 4.30. The Bertz CT molecular complexity index is 443. The molecule has 2 rings (SSSR count). The average molecular weight is 293 g/mol. The van der Waals surface area contributed by atoms with Crippen LogP contribution in [0.3, 0.4) is 0 Å². The molecule has 1 fully saturated rings. The number of hydrogen-bond donors (Lipinski definition) is 1. The maximum Gasteiger partial charge on any atom is 0.323 e. The predicted octanol–water partition coefficient (Wildman–Crippen LogP) is 2.71. The lowest BCUT2D eigenvalue weighted by molar-refractivity contribution is -0.162. The fraction of sp³-hybridized carbons (Fsp3) is 0.750. The molecule has 1 aromatic rings. The minimum absolute atomic E-state index is 0.0926. The van der Waals surface area contributed by atoms with Gasteiger partial charge in [-0.25, -0.2) is 4.98 Å². The van der Waals surface area contributed by atoms with Crippen LogP contribution in [0.15, 0.2) is 12.5 Å². The number of carbonyl (C=O) groups excluding carboxylic acids is 1. The summed E-state index contributed by atoms with van der Waals surface area (Å²) in [5.74, 6) is 0.435. The Morgan fingerprint density at radius 2 is 2.14 bits per heavy atom. The highest BCUT2D eigenvalue weighted by atomic mass is 16.6. The molecular formula is C16H27N3O2. The van der Waals surface area contributed by atoms with E-state index >= 15 is 0 Å². The van der Waals surface area contributed by atoms with Crippen molar-refractivity contribution in [3.05, 3.63) is 18.2 Å². The fourth-order valence-electron chi connectivity index (χ4n) is 2.96. The van der Waals surface area contributed by atoms with E-state index in [1.807, 2.05) is 27.0 Å². The number of H-pyrrole nitrogens is 1. The van der Waals surface area contributed by atoms with Gasteiger partial charge < -0.3 is 9.72 Å². The van der Waals surface area contributed by atoms with Gasteiger partial charge >= 0.3 is 5.97 Å². The Morgan fingerprint density at radius 1 is 1.48 bits per heavy atom. The van der Waals surface area contributed by atoms with Gasteiger partial charge in [-0.05, 0) is 53.1 Å². The number of nitrogens with one attached hydrogen (secondary N) is 1. The molecule has 0 aliphatic carbocycles. The maximum absolute atomic E-state index is 12.3. The zero-order valence-electron chi connectivity index (χ0n) is 13.6. The van der Waals surface area contributed by atoms with Gasteiger partial charge in [0.15, 0.2) is 0 Å². The van der Waals surface area contributed by atoms with Crippen LogP contribution < -0.4 is 0 Å². The number of piperidine rings is 1. The van der Waals surface area contributed by atoms with Crippen LogP contribution >= 0.6 is 0 Å². The molecule has 2 heterocycles. The Morgan fingerprint density at radius 3 is 2.62 bits per heavy atom. The summed E-state index contributed by atoms with van der Waals surface area (Å²) in [7, 11) is 0. The molecule has 5 nitrogen and oxygen atoms in total. The molecule has 1 unspecified atom stereocenters. The number of aromatic amines is 1. The summed E-state index contributed by atoms with van der Waals surface area (Å²) in [5, 5.41) is 0. The third-order valence-corrected chi connectivity index (χ3v) is 4.00. The normalized spacial score (nSPS) is 19.4. The van der Waals surface area contributed by atoms with Crippen LogP contribution in [-0.2, 0) is 9.53 Å². The summed E-state index contributed by atoms with van der Waals surface area (Å²) in [5.41, 5.74) is 0.790. The van der Waals surface area contributed by atoms with Crippen molar-refractivity contribution in [3.8, 4) is 0 Å². The molecule has 0 bridgehead atoms. The molecule has 1 N–H and O–H groups in total. The first-order valence-corrected chi connectivity index (χ1v) is 7.86. The molecule has 1 aromatic heterocycles. The minimum Gasteiger partial charge on any atom is -0.459 e. The standard InChI is InChI=1S/C16H27N3O2/c1-5-14(15(20)21-16(2,3)4)19-8-6-12(7-9-19)13-10-17-11-18-13/h10-12,14H,5-9H2,1-4H3,(H,17,18). The molecular weight excluding hydrogens is 266 g/mol. The minimum atomic E-state index is -0.418. The van der Waals surface area contributed by atoms with E-state index in [1.165, 1.54) is 5.69 Å². The van der Waals surface area contributed by atoms with Crippen LogP contribution in [0.25, 0.3) is 0 Å². The largest absolute Gasteiger partial charge is 0.459 e. The summed E-state index contributed by atoms with van der Waals surface area (Å²) in [6.07, 6.45) is 6.55. The first-order valence-electron chi connectivity index (χ1n) is 7.86. The summed E-state index contributed by atoms with van der Waals surface area (Å²) in [6.45, 7) is 9.67. The molecule has 0 amide bonds. The first-order chi connectivity index (χ1) is 9.90. The summed E-state index contributed by atoms with van der Waals surface area (Å²) in [4.78, 5) is 21.9. The van der Waals surface area contributed by atoms with Crippen LogP contribution in [0.4, 0.5) is 0 Å². The smallest absolute Gasteiger partial charge is 0.323 e. The van der Waals surface area contributed by atoms with Crippen LogP contribution in [0.2, 0.25) is 0 Å². The Balaban J connectivity index is 1.91. The van der Waals surface area contributed by atoms with E-state index in [9.17, 15) is 4.79 Å². The van der Waals surface area contributed by atoms with E-state index in [0.717, 1.165) is 32.4 Å². The number of rotatable bonds is 4. The Labute approximate surface area is 127 Å². The molecule has 1 aliphatic rings. The molecule has 0 aromatic carbocycles. The number of likely N-dealkylation sites (tertiary alicyclic amines) is 1. The van der Waals surface area contributed by atoms with E-state index in [2.05, 4.69) is 21.8 Å². The number of ether oxygens (including phenoxy) is 1. The van der Waals surface area contributed by atoms with Crippen molar-refractivity contribution in [2.45, 2.75) is 64.5 Å². The van der Waals surface area contributed by atoms with Crippen molar-refractivity contribution in [3.63, 3.8) is 0 Å². The van der Waals surface area contributed by atoms with Crippen LogP contribution in [0, 0.1) is 0 Å². The van der Waals surface area contributed by atoms with Crippen molar-refractivity contribution in [1.29, 1.82) is 0 Å². The van der Waals surface area contributed by atoms with Crippen molar-refractivity contribution >= 4 is 5.97 Å². The number of aromatic nitrogens is 2. The molecule has 118 valence electrons. The lowest BCUT2D eigenvalue weighted by atomic mass is 9.93. The molecule has 0 saturated carbocycles. The van der Waals surface area contributed by atoms with E-state index in [0.29, 0.717) is 5.92 Å². The highest BCUT2D eigenvalue weighted by Gasteiger charge is 2.32. The van der Waals surface area contributed by atoms with Crippen LogP contribution in [-0.4, -0.2) is 45.6 Å². The summed E-state index contributed by atoms with van der Waals surface area (Å²) >= 11 is 0. The molecule has 21 heavy (non-hydrogen) atoms. The second-order valence-electron chi connectivity index (χ2n) is 6.77. The lowest BCUT2D eigenvalue weighted by Gasteiger charge is -2.36. The van der Waals surface area contributed by atoms with Gasteiger partial charge in [0, 0.05) is 17.8 Å². The predicted molar refractivity (Wildman–Crippen MR) is 82.1 cm³/mol. The number of esters is 1. The second kappa shape index (κ2) is 6.60. The molecule has 5 heteroatoms. The first kappa shape index (κ1) is 16.0. The fourth-order valence-corrected chi connectivity index (χ4v) is 2.96. The highest BCUT2D eigenvalue weighted by molar-refractivity contribution is 5.76. The van der Waals surface area contributed by atoms with Gasteiger partial charge in [-0.1, -0.05) is 6.92 Å². The van der Waals surface area contributed by atoms with E-state index in [-0.39, 0.29) is 12.0 Å². The monoisotopic (exact) mass is 293 g/mol. The quantitative estimate of drug-likeness (QED) is 0.867. The van der Waals surface area contributed by atoms with Gasteiger partial charge in [-0.2, -0.15) is 0 Å². The zero-order valence-corrected chi connectivity index (χ0v) is 13.6. The van der Waals surface area contributed by atoms with Gasteiger partial charge in [0.25, 0.3) is 0 Å². The van der Waals surface area contributed by atoms with E-state index < -0.39 is 5.60 Å². The summed E-state index contributed by atoms with van der Waals surface area (Å²) in [6, 6.07) is -0.119. The molecule has 1 saturated heterocycles. The van der Waals surface area contributed by atoms with Crippen molar-refractivity contribution in [2.75, 3.05) is 13.1 Å². The Kier molecular flexibility index (Phi) is 5.04. The molecule has 1 aliphatic heterocycles.